The van der Waals surface area contributed by atoms with E-state index in [0.717, 1.165) is 45.4 Å². The van der Waals surface area contributed by atoms with E-state index >= 15 is 0 Å². The van der Waals surface area contributed by atoms with Crippen molar-refractivity contribution in [3.63, 3.8) is 0 Å². The molecule has 0 aromatic carbocycles. The molecule has 1 amide bonds. The van der Waals surface area contributed by atoms with E-state index in [1.54, 1.807) is 0 Å². The monoisotopic (exact) mass is 226 g/mol. The van der Waals surface area contributed by atoms with Gasteiger partial charge in [0.15, 0.2) is 0 Å². The Morgan fingerprint density at radius 3 is 2.88 bits per heavy atom. The van der Waals surface area contributed by atoms with Crippen molar-refractivity contribution in [3.8, 4) is 0 Å². The fourth-order valence-corrected chi connectivity index (χ4v) is 2.56. The number of hydrogen-bond donors (Lipinski definition) is 1. The van der Waals surface area contributed by atoms with Gasteiger partial charge < -0.3 is 9.64 Å². The van der Waals surface area contributed by atoms with Gasteiger partial charge in [0.05, 0.1) is 12.7 Å². The number of carbonyl (C=O) groups excluding carboxylic acids is 1. The molecule has 0 aromatic rings. The van der Waals surface area contributed by atoms with Crippen LogP contribution in [0.15, 0.2) is 0 Å². The van der Waals surface area contributed by atoms with Gasteiger partial charge in [-0.05, 0) is 25.2 Å². The SMILES string of the molecule is CCCC1NCC(=O)N1CC1CCOCC1. The van der Waals surface area contributed by atoms with E-state index in [0.29, 0.717) is 12.5 Å². The molecule has 0 aromatic heterocycles. The van der Waals surface area contributed by atoms with Crippen LogP contribution in [0.25, 0.3) is 0 Å². The first kappa shape index (κ1) is 11.9. The van der Waals surface area contributed by atoms with Gasteiger partial charge in [-0.25, -0.2) is 0 Å². The second-order valence-corrected chi connectivity index (χ2v) is 4.79. The lowest BCUT2D eigenvalue weighted by molar-refractivity contribution is -0.129. The second-order valence-electron chi connectivity index (χ2n) is 4.79. The standard InChI is InChI=1S/C12H22N2O2/c1-2-3-11-13-8-12(15)14(11)9-10-4-6-16-7-5-10/h10-11,13H,2-9H2,1H3. The summed E-state index contributed by atoms with van der Waals surface area (Å²) in [5.41, 5.74) is 0. The molecule has 2 fully saturated rings. The van der Waals surface area contributed by atoms with Gasteiger partial charge in [-0.3, -0.25) is 10.1 Å². The van der Waals surface area contributed by atoms with Gasteiger partial charge in [0.2, 0.25) is 5.91 Å². The minimum atomic E-state index is 0.268. The summed E-state index contributed by atoms with van der Waals surface area (Å²) in [7, 11) is 0. The highest BCUT2D eigenvalue weighted by atomic mass is 16.5. The van der Waals surface area contributed by atoms with Gasteiger partial charge in [0.25, 0.3) is 0 Å². The molecule has 2 heterocycles. The van der Waals surface area contributed by atoms with Crippen LogP contribution in [0.5, 0.6) is 0 Å². The van der Waals surface area contributed by atoms with Crippen molar-refractivity contribution >= 4 is 5.91 Å². The van der Waals surface area contributed by atoms with Gasteiger partial charge in [-0.1, -0.05) is 13.3 Å². The molecular weight excluding hydrogens is 204 g/mol. The minimum Gasteiger partial charge on any atom is -0.381 e. The molecule has 92 valence electrons. The molecule has 0 bridgehead atoms. The molecule has 2 aliphatic rings. The van der Waals surface area contributed by atoms with E-state index in [1.165, 1.54) is 0 Å². The van der Waals surface area contributed by atoms with Crippen LogP contribution in [0.4, 0.5) is 0 Å². The number of rotatable bonds is 4. The Balaban J connectivity index is 1.87. The Morgan fingerprint density at radius 1 is 1.44 bits per heavy atom. The van der Waals surface area contributed by atoms with Crippen LogP contribution >= 0.6 is 0 Å². The number of carbonyl (C=O) groups is 1. The van der Waals surface area contributed by atoms with Crippen LogP contribution in [0.3, 0.4) is 0 Å². The zero-order valence-electron chi connectivity index (χ0n) is 10.1. The van der Waals surface area contributed by atoms with Crippen molar-refractivity contribution < 1.29 is 9.53 Å². The average molecular weight is 226 g/mol. The second kappa shape index (κ2) is 5.64. The van der Waals surface area contributed by atoms with Gasteiger partial charge in [-0.15, -0.1) is 0 Å². The highest BCUT2D eigenvalue weighted by Crippen LogP contribution is 2.20. The largest absolute Gasteiger partial charge is 0.381 e. The summed E-state index contributed by atoms with van der Waals surface area (Å²) in [4.78, 5) is 13.8. The van der Waals surface area contributed by atoms with Crippen LogP contribution in [0, 0.1) is 5.92 Å². The van der Waals surface area contributed by atoms with Crippen molar-refractivity contribution in [2.75, 3.05) is 26.3 Å². The van der Waals surface area contributed by atoms with Crippen molar-refractivity contribution in [3.05, 3.63) is 0 Å². The molecule has 4 nitrogen and oxygen atoms in total. The lowest BCUT2D eigenvalue weighted by Gasteiger charge is -2.30. The van der Waals surface area contributed by atoms with Gasteiger partial charge in [0.1, 0.15) is 0 Å². The third kappa shape index (κ3) is 2.74. The van der Waals surface area contributed by atoms with E-state index in [2.05, 4.69) is 12.2 Å². The van der Waals surface area contributed by atoms with E-state index in [-0.39, 0.29) is 12.1 Å². The van der Waals surface area contributed by atoms with Gasteiger partial charge in [-0.2, -0.15) is 0 Å². The van der Waals surface area contributed by atoms with E-state index in [9.17, 15) is 4.79 Å². The molecule has 0 aliphatic carbocycles. The van der Waals surface area contributed by atoms with E-state index < -0.39 is 0 Å². The molecule has 0 saturated carbocycles. The highest BCUT2D eigenvalue weighted by molar-refractivity contribution is 5.80. The third-order valence-electron chi connectivity index (χ3n) is 3.54. The Hall–Kier alpha value is -0.610. The molecule has 1 N–H and O–H groups in total. The molecule has 2 rings (SSSR count). The highest BCUT2D eigenvalue weighted by Gasteiger charge is 2.31. The number of amides is 1. The van der Waals surface area contributed by atoms with E-state index in [1.807, 2.05) is 4.90 Å². The zero-order chi connectivity index (χ0) is 11.4. The van der Waals surface area contributed by atoms with Crippen LogP contribution in [-0.4, -0.2) is 43.3 Å². The van der Waals surface area contributed by atoms with E-state index in [4.69, 9.17) is 4.74 Å². The van der Waals surface area contributed by atoms with Crippen LogP contribution in [0.1, 0.15) is 32.6 Å². The zero-order valence-corrected chi connectivity index (χ0v) is 10.1. The molecule has 4 heteroatoms. The Bertz CT molecular complexity index is 239. The maximum absolute atomic E-state index is 11.8. The summed E-state index contributed by atoms with van der Waals surface area (Å²) >= 11 is 0. The summed E-state index contributed by atoms with van der Waals surface area (Å²) in [5.74, 6) is 0.905. The van der Waals surface area contributed by atoms with Crippen molar-refractivity contribution in [2.45, 2.75) is 38.8 Å². The third-order valence-corrected chi connectivity index (χ3v) is 3.54. The molecule has 0 spiro atoms. The predicted octanol–water partition coefficient (Wildman–Crippen LogP) is 0.971. The smallest absolute Gasteiger partial charge is 0.237 e. The van der Waals surface area contributed by atoms with Crippen molar-refractivity contribution in [1.29, 1.82) is 0 Å². The fourth-order valence-electron chi connectivity index (χ4n) is 2.56. The number of nitrogens with zero attached hydrogens (tertiary/aromatic N) is 1. The normalized spacial score (nSPS) is 27.7. The minimum absolute atomic E-state index is 0.268. The first-order valence-corrected chi connectivity index (χ1v) is 6.42. The molecule has 2 aliphatic heterocycles. The average Bonchev–Trinajstić information content (AvgIpc) is 2.64. The number of nitrogens with one attached hydrogen (secondary N) is 1. The summed E-state index contributed by atoms with van der Waals surface area (Å²) in [6, 6.07) is 0. The van der Waals surface area contributed by atoms with Crippen LogP contribution < -0.4 is 5.32 Å². The summed E-state index contributed by atoms with van der Waals surface area (Å²) in [6.07, 6.45) is 4.66. The van der Waals surface area contributed by atoms with Crippen molar-refractivity contribution in [2.24, 2.45) is 5.92 Å². The maximum Gasteiger partial charge on any atom is 0.237 e. The molecular formula is C12H22N2O2. The van der Waals surface area contributed by atoms with Crippen LogP contribution in [0.2, 0.25) is 0 Å². The Labute approximate surface area is 97.3 Å². The van der Waals surface area contributed by atoms with Crippen molar-refractivity contribution in [1.82, 2.24) is 10.2 Å². The molecule has 1 atom stereocenters. The number of ether oxygens (including phenoxy) is 1. The first-order valence-electron chi connectivity index (χ1n) is 6.42. The maximum atomic E-state index is 11.8. The summed E-state index contributed by atoms with van der Waals surface area (Å²) in [5, 5.41) is 3.29. The predicted molar refractivity (Wildman–Crippen MR) is 62.0 cm³/mol. The Morgan fingerprint density at radius 2 is 2.19 bits per heavy atom. The summed E-state index contributed by atoms with van der Waals surface area (Å²) < 4.78 is 5.35. The summed E-state index contributed by atoms with van der Waals surface area (Å²) in [6.45, 7) is 5.32. The molecule has 1 unspecified atom stereocenters. The first-order chi connectivity index (χ1) is 7.81. The lowest BCUT2D eigenvalue weighted by atomic mass is 9.99. The topological polar surface area (TPSA) is 41.6 Å². The number of hydrogen-bond acceptors (Lipinski definition) is 3. The molecule has 2 saturated heterocycles. The molecule has 16 heavy (non-hydrogen) atoms. The Kier molecular flexibility index (Phi) is 4.18. The quantitative estimate of drug-likeness (QED) is 0.776. The van der Waals surface area contributed by atoms with Crippen LogP contribution in [-0.2, 0) is 9.53 Å². The van der Waals surface area contributed by atoms with Gasteiger partial charge >= 0.3 is 0 Å². The molecule has 0 radical (unpaired) electrons. The fraction of sp³-hybridized carbons (Fsp3) is 0.917. The lowest BCUT2D eigenvalue weighted by Crippen LogP contribution is -2.41. The van der Waals surface area contributed by atoms with Gasteiger partial charge in [0, 0.05) is 19.8 Å².